The molecule has 2 atom stereocenters. The molecule has 1 saturated heterocycles. The molecule has 2 aliphatic rings. The fourth-order valence-corrected chi connectivity index (χ4v) is 4.09. The summed E-state index contributed by atoms with van der Waals surface area (Å²) in [5.74, 6) is 0. The Morgan fingerprint density at radius 1 is 0.955 bits per heavy atom. The molecule has 0 spiro atoms. The van der Waals surface area contributed by atoms with E-state index in [-0.39, 0.29) is 0 Å². The topological polar surface area (TPSA) is 6.48 Å². The second-order valence-electron chi connectivity index (χ2n) is 6.62. The van der Waals surface area contributed by atoms with Crippen LogP contribution in [0, 0.1) is 0 Å². The Morgan fingerprint density at radius 3 is 2.55 bits per heavy atom. The van der Waals surface area contributed by atoms with E-state index >= 15 is 0 Å². The smallest absolute Gasteiger partial charge is 0.0482 e. The van der Waals surface area contributed by atoms with E-state index in [1.807, 2.05) is 0 Å². The summed E-state index contributed by atoms with van der Waals surface area (Å²) in [7, 11) is 0. The van der Waals surface area contributed by atoms with Gasteiger partial charge < -0.3 is 0 Å². The molecule has 114 valence electrons. The first-order chi connectivity index (χ1) is 10.8. The Kier molecular flexibility index (Phi) is 3.73. The van der Waals surface area contributed by atoms with E-state index in [1.54, 1.807) is 5.56 Å². The highest BCUT2D eigenvalue weighted by Crippen LogP contribution is 2.38. The van der Waals surface area contributed by atoms with E-state index in [0.29, 0.717) is 12.1 Å². The highest BCUT2D eigenvalue weighted by Gasteiger charge is 2.38. The van der Waals surface area contributed by atoms with E-state index < -0.39 is 0 Å². The van der Waals surface area contributed by atoms with Crippen LogP contribution in [0.1, 0.15) is 36.1 Å². The summed E-state index contributed by atoms with van der Waals surface area (Å²) in [5.41, 5.74) is 4.51. The van der Waals surface area contributed by atoms with Gasteiger partial charge in [0.2, 0.25) is 0 Å². The third kappa shape index (κ3) is 2.47. The molecule has 2 unspecified atom stereocenters. The summed E-state index contributed by atoms with van der Waals surface area (Å²) in [4.78, 5) is 5.37. The normalized spacial score (nSPS) is 25.0. The molecule has 2 heteroatoms. The summed E-state index contributed by atoms with van der Waals surface area (Å²) >= 11 is 0. The zero-order valence-corrected chi connectivity index (χ0v) is 13.3. The van der Waals surface area contributed by atoms with Crippen molar-refractivity contribution in [2.45, 2.75) is 38.5 Å². The standard InChI is InChI=1S/C20H24N2/c1-2-18-14-22-13-17-10-6-7-11-19(17)20(22)15-21(18)12-16-8-4-3-5-9-16/h3-11,18,20H,2,12-15H2,1H3. The van der Waals surface area contributed by atoms with Crippen molar-refractivity contribution in [3.8, 4) is 0 Å². The lowest BCUT2D eigenvalue weighted by Crippen LogP contribution is -2.51. The molecule has 0 bridgehead atoms. The Labute approximate surface area is 133 Å². The third-order valence-electron chi connectivity index (χ3n) is 5.30. The summed E-state index contributed by atoms with van der Waals surface area (Å²) in [6.45, 7) is 6.89. The molecule has 2 aliphatic heterocycles. The zero-order chi connectivity index (χ0) is 14.9. The zero-order valence-electron chi connectivity index (χ0n) is 13.3. The van der Waals surface area contributed by atoms with Crippen LogP contribution < -0.4 is 0 Å². The van der Waals surface area contributed by atoms with Crippen LogP contribution in [0.3, 0.4) is 0 Å². The van der Waals surface area contributed by atoms with Gasteiger partial charge in [-0.05, 0) is 23.1 Å². The molecule has 2 heterocycles. The number of hydrogen-bond acceptors (Lipinski definition) is 2. The molecule has 22 heavy (non-hydrogen) atoms. The third-order valence-corrected chi connectivity index (χ3v) is 5.30. The lowest BCUT2D eigenvalue weighted by molar-refractivity contribution is 0.0272. The lowest BCUT2D eigenvalue weighted by atomic mass is 10.00. The van der Waals surface area contributed by atoms with Crippen molar-refractivity contribution in [3.63, 3.8) is 0 Å². The molecular weight excluding hydrogens is 268 g/mol. The quantitative estimate of drug-likeness (QED) is 0.848. The van der Waals surface area contributed by atoms with Crippen LogP contribution in [0.2, 0.25) is 0 Å². The van der Waals surface area contributed by atoms with Gasteiger partial charge in [-0.3, -0.25) is 9.80 Å². The van der Waals surface area contributed by atoms with Gasteiger partial charge in [0.25, 0.3) is 0 Å². The first kappa shape index (κ1) is 14.0. The SMILES string of the molecule is CCC1CN2Cc3ccccc3C2CN1Cc1ccccc1. The molecule has 0 saturated carbocycles. The fourth-order valence-electron chi connectivity index (χ4n) is 4.09. The highest BCUT2D eigenvalue weighted by molar-refractivity contribution is 5.35. The molecular formula is C20H24N2. The molecule has 0 radical (unpaired) electrons. The van der Waals surface area contributed by atoms with Gasteiger partial charge in [-0.15, -0.1) is 0 Å². The molecule has 0 N–H and O–H groups in total. The Balaban J connectivity index is 1.57. The van der Waals surface area contributed by atoms with E-state index in [2.05, 4.69) is 71.3 Å². The lowest BCUT2D eigenvalue weighted by Gasteiger charge is -2.43. The van der Waals surface area contributed by atoms with Crippen molar-refractivity contribution in [2.75, 3.05) is 13.1 Å². The van der Waals surface area contributed by atoms with Crippen molar-refractivity contribution < 1.29 is 0 Å². The Bertz CT molecular complexity index is 637. The maximum atomic E-state index is 2.69. The van der Waals surface area contributed by atoms with Gasteiger partial charge in [0.05, 0.1) is 0 Å². The maximum Gasteiger partial charge on any atom is 0.0482 e. The summed E-state index contributed by atoms with van der Waals surface area (Å²) in [6.07, 6.45) is 1.23. The predicted octanol–water partition coefficient (Wildman–Crippen LogP) is 3.84. The van der Waals surface area contributed by atoms with Gasteiger partial charge in [-0.1, -0.05) is 61.5 Å². The van der Waals surface area contributed by atoms with Crippen molar-refractivity contribution in [2.24, 2.45) is 0 Å². The van der Waals surface area contributed by atoms with Gasteiger partial charge in [0, 0.05) is 38.3 Å². The van der Waals surface area contributed by atoms with Crippen LogP contribution in [0.4, 0.5) is 0 Å². The van der Waals surface area contributed by atoms with Crippen LogP contribution in [0.15, 0.2) is 54.6 Å². The minimum atomic E-state index is 0.586. The Hall–Kier alpha value is -1.64. The summed E-state index contributed by atoms with van der Waals surface area (Å²) in [5, 5.41) is 0. The average molecular weight is 292 g/mol. The average Bonchev–Trinajstić information content (AvgIpc) is 2.93. The van der Waals surface area contributed by atoms with Crippen molar-refractivity contribution in [1.82, 2.24) is 9.80 Å². The molecule has 2 aromatic rings. The number of rotatable bonds is 3. The van der Waals surface area contributed by atoms with Crippen molar-refractivity contribution >= 4 is 0 Å². The van der Waals surface area contributed by atoms with Gasteiger partial charge in [-0.25, -0.2) is 0 Å². The summed E-state index contributed by atoms with van der Waals surface area (Å²) in [6, 6.07) is 21.2. The van der Waals surface area contributed by atoms with Crippen LogP contribution >= 0.6 is 0 Å². The maximum absolute atomic E-state index is 2.69. The minimum absolute atomic E-state index is 0.586. The number of nitrogens with zero attached hydrogens (tertiary/aromatic N) is 2. The Morgan fingerprint density at radius 2 is 1.73 bits per heavy atom. The van der Waals surface area contributed by atoms with Gasteiger partial charge in [0.1, 0.15) is 0 Å². The largest absolute Gasteiger partial charge is 0.293 e. The van der Waals surface area contributed by atoms with E-state index in [9.17, 15) is 0 Å². The van der Waals surface area contributed by atoms with Crippen LogP contribution in [-0.4, -0.2) is 28.9 Å². The van der Waals surface area contributed by atoms with Crippen molar-refractivity contribution in [1.29, 1.82) is 0 Å². The van der Waals surface area contributed by atoms with E-state index in [1.165, 1.54) is 24.1 Å². The first-order valence-electron chi connectivity index (χ1n) is 8.45. The highest BCUT2D eigenvalue weighted by atomic mass is 15.3. The molecule has 2 aromatic carbocycles. The molecule has 1 fully saturated rings. The number of hydrogen-bond donors (Lipinski definition) is 0. The van der Waals surface area contributed by atoms with Crippen LogP contribution in [-0.2, 0) is 13.1 Å². The van der Waals surface area contributed by atoms with Crippen LogP contribution in [0.25, 0.3) is 0 Å². The van der Waals surface area contributed by atoms with Gasteiger partial charge in [0.15, 0.2) is 0 Å². The summed E-state index contributed by atoms with van der Waals surface area (Å²) < 4.78 is 0. The van der Waals surface area contributed by atoms with E-state index in [0.717, 1.165) is 19.6 Å². The molecule has 0 amide bonds. The van der Waals surface area contributed by atoms with Crippen LogP contribution in [0.5, 0.6) is 0 Å². The predicted molar refractivity (Wildman–Crippen MR) is 90.5 cm³/mol. The van der Waals surface area contributed by atoms with Gasteiger partial charge >= 0.3 is 0 Å². The number of benzene rings is 2. The molecule has 4 rings (SSSR count). The van der Waals surface area contributed by atoms with Gasteiger partial charge in [-0.2, -0.15) is 0 Å². The minimum Gasteiger partial charge on any atom is -0.293 e. The molecule has 0 aliphatic carbocycles. The second kappa shape index (κ2) is 5.86. The van der Waals surface area contributed by atoms with Crippen molar-refractivity contribution in [3.05, 3.63) is 71.3 Å². The first-order valence-corrected chi connectivity index (χ1v) is 8.45. The monoisotopic (exact) mass is 292 g/mol. The molecule has 2 nitrogen and oxygen atoms in total. The fraction of sp³-hybridized carbons (Fsp3) is 0.400. The second-order valence-corrected chi connectivity index (χ2v) is 6.62. The number of piperazine rings is 1. The van der Waals surface area contributed by atoms with E-state index in [4.69, 9.17) is 0 Å². The molecule has 0 aromatic heterocycles. The number of fused-ring (bicyclic) bond motifs is 3.